The number of benzene rings is 2. The molecule has 1 unspecified atom stereocenters. The van der Waals surface area contributed by atoms with E-state index in [2.05, 4.69) is 21.2 Å². The average Bonchev–Trinajstić information content (AvgIpc) is 2.93. The van der Waals surface area contributed by atoms with Gasteiger partial charge in [-0.3, -0.25) is 19.4 Å². The van der Waals surface area contributed by atoms with Gasteiger partial charge in [0.1, 0.15) is 12.6 Å². The van der Waals surface area contributed by atoms with Crippen molar-refractivity contribution in [1.82, 2.24) is 15.1 Å². The Hall–Kier alpha value is -2.45. The van der Waals surface area contributed by atoms with Crippen molar-refractivity contribution in [2.75, 3.05) is 51.7 Å². The first kappa shape index (κ1) is 30.1. The van der Waals surface area contributed by atoms with Crippen LogP contribution in [0.2, 0.25) is 10.0 Å². The normalized spacial score (nSPS) is 14.9. The number of aryl methyl sites for hydroxylation is 1. The van der Waals surface area contributed by atoms with Crippen molar-refractivity contribution in [3.63, 3.8) is 0 Å². The highest BCUT2D eigenvalue weighted by Gasteiger charge is 2.24. The Labute approximate surface area is 236 Å². The Morgan fingerprint density at radius 2 is 1.82 bits per heavy atom. The van der Waals surface area contributed by atoms with Gasteiger partial charge in [-0.2, -0.15) is 0 Å². The van der Waals surface area contributed by atoms with Gasteiger partial charge in [-0.25, -0.2) is 0 Å². The number of hydrogen-bond donors (Lipinski definition) is 1. The lowest BCUT2D eigenvalue weighted by atomic mass is 9.96. The predicted octanol–water partition coefficient (Wildman–Crippen LogP) is 4.48. The lowest BCUT2D eigenvalue weighted by Gasteiger charge is -2.36. The molecule has 1 atom stereocenters. The highest BCUT2D eigenvalue weighted by molar-refractivity contribution is 6.43. The molecule has 1 fully saturated rings. The van der Waals surface area contributed by atoms with Crippen LogP contribution < -0.4 is 10.2 Å². The molecule has 7 nitrogen and oxygen atoms in total. The van der Waals surface area contributed by atoms with E-state index in [9.17, 15) is 14.4 Å². The number of likely N-dealkylation sites (N-methyl/N-ethyl adjacent to an activating group) is 2. The molecule has 38 heavy (non-hydrogen) atoms. The maximum Gasteiger partial charge on any atom is 0.237 e. The molecule has 1 aliphatic rings. The number of anilines is 1. The van der Waals surface area contributed by atoms with Crippen LogP contribution in [0.15, 0.2) is 36.4 Å². The van der Waals surface area contributed by atoms with Crippen LogP contribution in [0.25, 0.3) is 0 Å². The number of nitrogens with one attached hydrogen (secondary N) is 1. The van der Waals surface area contributed by atoms with Gasteiger partial charge >= 0.3 is 0 Å². The van der Waals surface area contributed by atoms with Gasteiger partial charge in [0.05, 0.1) is 21.8 Å². The van der Waals surface area contributed by atoms with Gasteiger partial charge in [-0.15, -0.1) is 0 Å². The highest BCUT2D eigenvalue weighted by Crippen LogP contribution is 2.33. The summed E-state index contributed by atoms with van der Waals surface area (Å²) < 4.78 is 0. The fourth-order valence-corrected chi connectivity index (χ4v) is 5.51. The van der Waals surface area contributed by atoms with E-state index in [0.717, 1.165) is 81.4 Å². The first-order valence-corrected chi connectivity index (χ1v) is 14.0. The Kier molecular flexibility index (Phi) is 12.1. The third-order valence-corrected chi connectivity index (χ3v) is 8.11. The summed E-state index contributed by atoms with van der Waals surface area (Å²) in [7, 11) is 3.47. The van der Waals surface area contributed by atoms with Gasteiger partial charge in [-0.05, 0) is 62.5 Å². The molecule has 0 aromatic heterocycles. The molecule has 1 saturated heterocycles. The number of aldehydes is 2. The van der Waals surface area contributed by atoms with Crippen LogP contribution in [0.5, 0.6) is 0 Å². The summed E-state index contributed by atoms with van der Waals surface area (Å²) in [5.74, 6) is -0.128. The van der Waals surface area contributed by atoms with E-state index < -0.39 is 6.04 Å². The minimum Gasteiger partial charge on any atom is -0.368 e. The van der Waals surface area contributed by atoms with Crippen LogP contribution in [0.4, 0.5) is 5.69 Å². The fourth-order valence-electron chi connectivity index (χ4n) is 5.10. The Balaban J connectivity index is 1.54. The molecule has 0 aliphatic carbocycles. The van der Waals surface area contributed by atoms with Crippen LogP contribution in [0.1, 0.15) is 47.2 Å². The summed E-state index contributed by atoms with van der Waals surface area (Å²) in [4.78, 5) is 41.9. The monoisotopic (exact) mass is 560 g/mol. The lowest BCUT2D eigenvalue weighted by Crippen LogP contribution is -2.46. The average molecular weight is 562 g/mol. The molecule has 1 N–H and O–H groups in total. The summed E-state index contributed by atoms with van der Waals surface area (Å²) in [6.45, 7) is 5.25. The Morgan fingerprint density at radius 3 is 2.50 bits per heavy atom. The van der Waals surface area contributed by atoms with Crippen LogP contribution >= 0.6 is 23.2 Å². The number of nitrogens with zero attached hydrogens (tertiary/aromatic N) is 3. The van der Waals surface area contributed by atoms with Gasteiger partial charge < -0.3 is 15.0 Å². The smallest absolute Gasteiger partial charge is 0.237 e. The molecule has 0 bridgehead atoms. The zero-order valence-corrected chi connectivity index (χ0v) is 23.8. The molecular weight excluding hydrogens is 523 g/mol. The molecular formula is C29H38Cl2N4O3. The predicted molar refractivity (Wildman–Crippen MR) is 155 cm³/mol. The van der Waals surface area contributed by atoms with Crippen molar-refractivity contribution in [1.29, 1.82) is 0 Å². The largest absolute Gasteiger partial charge is 0.368 e. The van der Waals surface area contributed by atoms with Crippen molar-refractivity contribution < 1.29 is 14.4 Å². The Bertz CT molecular complexity index is 1090. The molecule has 1 amide bonds. The van der Waals surface area contributed by atoms with E-state index in [4.69, 9.17) is 23.2 Å². The summed E-state index contributed by atoms with van der Waals surface area (Å²) >= 11 is 12.6. The van der Waals surface area contributed by atoms with Crippen molar-refractivity contribution in [2.24, 2.45) is 0 Å². The number of carbonyl (C=O) groups excluding carboxylic acids is 3. The minimum atomic E-state index is -0.432. The summed E-state index contributed by atoms with van der Waals surface area (Å²) in [5, 5.41) is 3.89. The number of halogens is 2. The number of rotatable bonds is 14. The first-order valence-electron chi connectivity index (χ1n) is 13.2. The highest BCUT2D eigenvalue weighted by atomic mass is 35.5. The Morgan fingerprint density at radius 1 is 1.08 bits per heavy atom. The zero-order valence-electron chi connectivity index (χ0n) is 22.3. The molecule has 2 aromatic carbocycles. The zero-order chi connectivity index (χ0) is 27.5. The molecule has 1 heterocycles. The number of carbonyl (C=O) groups is 3. The number of piperazine rings is 1. The van der Waals surface area contributed by atoms with Crippen molar-refractivity contribution in [2.45, 2.75) is 44.7 Å². The quantitative estimate of drug-likeness (QED) is 0.271. The van der Waals surface area contributed by atoms with Crippen LogP contribution in [0, 0.1) is 0 Å². The summed E-state index contributed by atoms with van der Waals surface area (Å²) in [6, 6.07) is 11.2. The second-order valence-corrected chi connectivity index (χ2v) is 10.5. The van der Waals surface area contributed by atoms with Gasteiger partial charge in [0.2, 0.25) is 5.91 Å². The molecule has 1 aliphatic heterocycles. The molecule has 0 spiro atoms. The maximum atomic E-state index is 12.4. The molecule has 0 radical (unpaired) electrons. The molecule has 9 heteroatoms. The minimum absolute atomic E-state index is 0.128. The van der Waals surface area contributed by atoms with Crippen molar-refractivity contribution in [3.05, 3.63) is 63.1 Å². The van der Waals surface area contributed by atoms with Gasteiger partial charge in [0.25, 0.3) is 0 Å². The van der Waals surface area contributed by atoms with Gasteiger partial charge in [-0.1, -0.05) is 47.5 Å². The lowest BCUT2D eigenvalue weighted by molar-refractivity contribution is -0.126. The van der Waals surface area contributed by atoms with E-state index in [1.165, 1.54) is 0 Å². The molecule has 3 rings (SSSR count). The third kappa shape index (κ3) is 8.03. The number of unbranched alkanes of at least 4 members (excludes halogenated alkanes) is 1. The number of amides is 1. The topological polar surface area (TPSA) is 73.0 Å². The van der Waals surface area contributed by atoms with Crippen LogP contribution in [-0.2, 0) is 22.6 Å². The van der Waals surface area contributed by atoms with Crippen molar-refractivity contribution in [3.8, 4) is 0 Å². The van der Waals surface area contributed by atoms with Crippen molar-refractivity contribution >= 4 is 47.4 Å². The van der Waals surface area contributed by atoms with Crippen LogP contribution in [-0.4, -0.2) is 81.1 Å². The number of hydrogen-bond acceptors (Lipinski definition) is 6. The second kappa shape index (κ2) is 15.2. The van der Waals surface area contributed by atoms with E-state index in [-0.39, 0.29) is 5.91 Å². The summed E-state index contributed by atoms with van der Waals surface area (Å²) in [6.07, 6.45) is 5.39. The molecule has 2 aromatic rings. The molecule has 0 saturated carbocycles. The van der Waals surface area contributed by atoms with E-state index >= 15 is 0 Å². The van der Waals surface area contributed by atoms with E-state index in [1.807, 2.05) is 42.3 Å². The molecule has 206 valence electrons. The standard InChI is InChI=1S/C29H38Cl2N4O3/c1-32-29(38)27(13-7-19-36)33(2)20-24-22(9-5-10-23(24)21-37)8-3-4-14-34-15-17-35(18-16-34)26-12-6-11-25(30)28(26)31/h5-6,9-12,19,21,27H,3-4,7-8,13-18,20H2,1-2H3,(H,32,38). The fraction of sp³-hybridized carbons (Fsp3) is 0.483. The summed E-state index contributed by atoms with van der Waals surface area (Å²) in [5.41, 5.74) is 3.73. The third-order valence-electron chi connectivity index (χ3n) is 7.30. The first-order chi connectivity index (χ1) is 18.4. The van der Waals surface area contributed by atoms with E-state index in [0.29, 0.717) is 35.0 Å². The van der Waals surface area contributed by atoms with E-state index in [1.54, 1.807) is 7.05 Å². The van der Waals surface area contributed by atoms with Gasteiger partial charge in [0.15, 0.2) is 0 Å². The van der Waals surface area contributed by atoms with Gasteiger partial charge in [0, 0.05) is 51.8 Å². The maximum absolute atomic E-state index is 12.4. The SMILES string of the molecule is CNC(=O)C(CCC=O)N(C)Cc1c(C=O)cccc1CCCCN1CCN(c2cccc(Cl)c2Cl)CC1. The second-order valence-electron chi connectivity index (χ2n) is 9.75. The van der Waals surface area contributed by atoms with Crippen LogP contribution in [0.3, 0.4) is 0 Å².